The van der Waals surface area contributed by atoms with Gasteiger partial charge in [-0.3, -0.25) is 4.79 Å². The number of hydrogen-bond donors (Lipinski definition) is 1. The number of fused-ring (bicyclic) bond motifs is 2. The number of anilines is 3. The maximum absolute atomic E-state index is 11.8. The molecule has 1 amide bonds. The van der Waals surface area contributed by atoms with Gasteiger partial charge in [-0.15, -0.1) is 0 Å². The molecule has 8 heteroatoms. The Morgan fingerprint density at radius 3 is 2.91 bits per heavy atom. The zero-order valence-electron chi connectivity index (χ0n) is 12.5. The van der Waals surface area contributed by atoms with Gasteiger partial charge in [0.2, 0.25) is 5.91 Å². The van der Waals surface area contributed by atoms with Crippen LogP contribution in [0.25, 0.3) is 11.0 Å². The Kier molecular flexibility index (Phi) is 3.08. The van der Waals surface area contributed by atoms with Gasteiger partial charge in [0, 0.05) is 25.5 Å². The monoisotopic (exact) mass is 372 g/mol. The minimum absolute atomic E-state index is 0.108. The molecule has 0 bridgehead atoms. The van der Waals surface area contributed by atoms with Gasteiger partial charge in [0.15, 0.2) is 5.65 Å². The Balaban J connectivity index is 1.75. The fourth-order valence-electron chi connectivity index (χ4n) is 2.82. The summed E-state index contributed by atoms with van der Waals surface area (Å²) < 4.78 is 2.39. The maximum atomic E-state index is 11.8. The van der Waals surface area contributed by atoms with Crippen LogP contribution in [-0.2, 0) is 18.3 Å². The first kappa shape index (κ1) is 14.1. The average molecular weight is 373 g/mol. The van der Waals surface area contributed by atoms with Crippen LogP contribution in [0.15, 0.2) is 29.1 Å². The van der Waals surface area contributed by atoms with E-state index in [9.17, 15) is 4.79 Å². The highest BCUT2D eigenvalue weighted by atomic mass is 79.9. The zero-order valence-corrected chi connectivity index (χ0v) is 14.1. The molecule has 116 valence electrons. The molecule has 3 aromatic rings. The molecule has 0 saturated carbocycles. The molecule has 3 heterocycles. The molecule has 0 atom stereocenters. The SMILES string of the molecule is CN1C(=O)Cc2cc(Nc3ncnc4c3c(Br)nn4C)ccc21. The van der Waals surface area contributed by atoms with Crippen LogP contribution in [0.2, 0.25) is 0 Å². The van der Waals surface area contributed by atoms with E-state index in [-0.39, 0.29) is 5.91 Å². The topological polar surface area (TPSA) is 75.9 Å². The predicted octanol–water partition coefficient (Wildman–Crippen LogP) is 2.39. The molecule has 1 N–H and O–H groups in total. The average Bonchev–Trinajstić information content (AvgIpc) is 2.97. The Hall–Kier alpha value is -2.48. The molecular weight excluding hydrogens is 360 g/mol. The van der Waals surface area contributed by atoms with E-state index in [1.54, 1.807) is 16.6 Å². The number of rotatable bonds is 2. The first-order chi connectivity index (χ1) is 11.0. The molecule has 0 saturated heterocycles. The summed E-state index contributed by atoms with van der Waals surface area (Å²) in [5, 5.41) is 8.43. The molecule has 0 fully saturated rings. The van der Waals surface area contributed by atoms with E-state index in [4.69, 9.17) is 0 Å². The van der Waals surface area contributed by atoms with Crippen molar-refractivity contribution < 1.29 is 4.79 Å². The fraction of sp³-hybridized carbons (Fsp3) is 0.200. The lowest BCUT2D eigenvalue weighted by Gasteiger charge is -2.11. The molecule has 23 heavy (non-hydrogen) atoms. The summed E-state index contributed by atoms with van der Waals surface area (Å²) in [5.41, 5.74) is 3.59. The van der Waals surface area contributed by atoms with Gasteiger partial charge in [-0.05, 0) is 39.7 Å². The van der Waals surface area contributed by atoms with Crippen LogP contribution in [-0.4, -0.2) is 32.7 Å². The van der Waals surface area contributed by atoms with Crippen molar-refractivity contribution in [3.8, 4) is 0 Å². The smallest absolute Gasteiger partial charge is 0.231 e. The number of carbonyl (C=O) groups excluding carboxylic acids is 1. The number of likely N-dealkylation sites (N-methyl/N-ethyl adjacent to an activating group) is 1. The fourth-order valence-corrected chi connectivity index (χ4v) is 3.42. The number of nitrogens with one attached hydrogen (secondary N) is 1. The first-order valence-electron chi connectivity index (χ1n) is 7.04. The standard InChI is InChI=1S/C15H13BrN6O/c1-21-10-4-3-9(5-8(10)6-11(21)23)19-14-12-13(16)20-22(2)15(12)18-7-17-14/h3-5,7H,6H2,1-2H3,(H,17,18,19). The largest absolute Gasteiger partial charge is 0.339 e. The van der Waals surface area contributed by atoms with E-state index < -0.39 is 0 Å². The van der Waals surface area contributed by atoms with Gasteiger partial charge in [-0.25, -0.2) is 14.6 Å². The van der Waals surface area contributed by atoms with E-state index >= 15 is 0 Å². The van der Waals surface area contributed by atoms with E-state index in [0.29, 0.717) is 16.8 Å². The second-order valence-corrected chi connectivity index (χ2v) is 6.18. The summed E-state index contributed by atoms with van der Waals surface area (Å²) in [4.78, 5) is 22.0. The highest BCUT2D eigenvalue weighted by molar-refractivity contribution is 9.10. The lowest BCUT2D eigenvalue weighted by Crippen LogP contribution is -2.20. The van der Waals surface area contributed by atoms with Gasteiger partial charge in [-0.1, -0.05) is 0 Å². The quantitative estimate of drug-likeness (QED) is 0.747. The molecule has 4 rings (SSSR count). The summed E-state index contributed by atoms with van der Waals surface area (Å²) >= 11 is 3.44. The molecule has 1 aliphatic rings. The van der Waals surface area contributed by atoms with Gasteiger partial charge >= 0.3 is 0 Å². The first-order valence-corrected chi connectivity index (χ1v) is 7.83. The van der Waals surface area contributed by atoms with Crippen LogP contribution < -0.4 is 10.2 Å². The number of carbonyl (C=O) groups is 1. The van der Waals surface area contributed by atoms with E-state index in [1.165, 1.54) is 6.33 Å². The molecule has 7 nitrogen and oxygen atoms in total. The van der Waals surface area contributed by atoms with E-state index in [2.05, 4.69) is 36.3 Å². The minimum atomic E-state index is 0.108. The Morgan fingerprint density at radius 2 is 2.09 bits per heavy atom. The van der Waals surface area contributed by atoms with Crippen molar-refractivity contribution in [3.63, 3.8) is 0 Å². The third-order valence-electron chi connectivity index (χ3n) is 4.00. The van der Waals surface area contributed by atoms with Gasteiger partial charge in [0.1, 0.15) is 16.7 Å². The summed E-state index contributed by atoms with van der Waals surface area (Å²) in [5.74, 6) is 0.782. The van der Waals surface area contributed by atoms with Crippen LogP contribution in [0.3, 0.4) is 0 Å². The van der Waals surface area contributed by atoms with E-state index in [1.807, 2.05) is 25.2 Å². The van der Waals surface area contributed by atoms with Crippen LogP contribution in [0, 0.1) is 0 Å². The number of benzene rings is 1. The number of aryl methyl sites for hydroxylation is 1. The molecule has 0 unspecified atom stereocenters. The van der Waals surface area contributed by atoms with Gasteiger partial charge in [0.25, 0.3) is 0 Å². The lowest BCUT2D eigenvalue weighted by molar-refractivity contribution is -0.117. The third-order valence-corrected chi connectivity index (χ3v) is 4.55. The Bertz CT molecular complexity index is 951. The molecule has 0 spiro atoms. The van der Waals surface area contributed by atoms with Crippen molar-refractivity contribution in [1.29, 1.82) is 0 Å². The van der Waals surface area contributed by atoms with Crippen molar-refractivity contribution in [2.75, 3.05) is 17.3 Å². The van der Waals surface area contributed by atoms with Gasteiger partial charge in [-0.2, -0.15) is 5.10 Å². The highest BCUT2D eigenvalue weighted by Gasteiger charge is 2.24. The predicted molar refractivity (Wildman–Crippen MR) is 90.8 cm³/mol. The van der Waals surface area contributed by atoms with Crippen LogP contribution in [0.4, 0.5) is 17.2 Å². The van der Waals surface area contributed by atoms with Crippen molar-refractivity contribution >= 4 is 50.1 Å². The van der Waals surface area contributed by atoms with Crippen molar-refractivity contribution in [1.82, 2.24) is 19.7 Å². The van der Waals surface area contributed by atoms with Gasteiger partial charge < -0.3 is 10.2 Å². The number of hydrogen-bond acceptors (Lipinski definition) is 5. The summed E-state index contributed by atoms with van der Waals surface area (Å²) in [6, 6.07) is 5.86. The minimum Gasteiger partial charge on any atom is -0.339 e. The second kappa shape index (κ2) is 5.02. The highest BCUT2D eigenvalue weighted by Crippen LogP contribution is 2.33. The Labute approximate surface area is 140 Å². The maximum Gasteiger partial charge on any atom is 0.231 e. The lowest BCUT2D eigenvalue weighted by atomic mass is 10.1. The number of aromatic nitrogens is 4. The summed E-state index contributed by atoms with van der Waals surface area (Å²) in [7, 11) is 3.63. The van der Waals surface area contributed by atoms with Crippen molar-refractivity contribution in [2.45, 2.75) is 6.42 Å². The normalized spacial score (nSPS) is 13.7. The van der Waals surface area contributed by atoms with Crippen LogP contribution >= 0.6 is 15.9 Å². The number of halogens is 1. The molecule has 1 aliphatic heterocycles. The molecule has 0 aliphatic carbocycles. The number of nitrogens with zero attached hydrogens (tertiary/aromatic N) is 5. The van der Waals surface area contributed by atoms with Gasteiger partial charge in [0.05, 0.1) is 11.8 Å². The Morgan fingerprint density at radius 1 is 1.26 bits per heavy atom. The second-order valence-electron chi connectivity index (χ2n) is 5.43. The van der Waals surface area contributed by atoms with Crippen LogP contribution in [0.5, 0.6) is 0 Å². The molecular formula is C15H13BrN6O. The summed E-state index contributed by atoms with van der Waals surface area (Å²) in [6.45, 7) is 0. The van der Waals surface area contributed by atoms with Crippen molar-refractivity contribution in [3.05, 3.63) is 34.7 Å². The molecule has 1 aromatic carbocycles. The summed E-state index contributed by atoms with van der Waals surface area (Å²) in [6.07, 6.45) is 1.93. The number of amides is 1. The third kappa shape index (κ3) is 2.17. The molecule has 2 aromatic heterocycles. The van der Waals surface area contributed by atoms with E-state index in [0.717, 1.165) is 28.0 Å². The van der Waals surface area contributed by atoms with Crippen molar-refractivity contribution in [2.24, 2.45) is 7.05 Å². The molecule has 0 radical (unpaired) electrons. The zero-order chi connectivity index (χ0) is 16.1. The van der Waals surface area contributed by atoms with Crippen LogP contribution in [0.1, 0.15) is 5.56 Å².